The van der Waals surface area contributed by atoms with Crippen molar-refractivity contribution < 1.29 is 19.2 Å². The lowest BCUT2D eigenvalue weighted by Gasteiger charge is -2.34. The summed E-state index contributed by atoms with van der Waals surface area (Å²) in [5.41, 5.74) is 0.747. The van der Waals surface area contributed by atoms with E-state index in [0.717, 1.165) is 22.2 Å². The Hall–Kier alpha value is -2.32. The number of carbonyl (C=O) groups excluding carboxylic acids is 4. The van der Waals surface area contributed by atoms with Crippen molar-refractivity contribution >= 4 is 52.4 Å². The van der Waals surface area contributed by atoms with Crippen molar-refractivity contribution in [3.8, 4) is 0 Å². The van der Waals surface area contributed by atoms with Crippen molar-refractivity contribution in [2.45, 2.75) is 6.92 Å². The van der Waals surface area contributed by atoms with E-state index in [1.807, 2.05) is 0 Å². The molecule has 27 heavy (non-hydrogen) atoms. The molecule has 4 amide bonds. The smallest absolute Gasteiger partial charge is 0.294 e. The van der Waals surface area contributed by atoms with Crippen LogP contribution in [0.3, 0.4) is 0 Å². The van der Waals surface area contributed by atoms with Gasteiger partial charge in [0.15, 0.2) is 0 Å². The first-order valence-electron chi connectivity index (χ1n) is 8.39. The van der Waals surface area contributed by atoms with Gasteiger partial charge in [0.2, 0.25) is 11.8 Å². The minimum absolute atomic E-state index is 0.0274. The summed E-state index contributed by atoms with van der Waals surface area (Å²) in [6, 6.07) is 6.88. The molecule has 0 spiro atoms. The average Bonchev–Trinajstić information content (AvgIpc) is 2.91. The lowest BCUT2D eigenvalue weighted by atomic mass is 10.2. The third kappa shape index (κ3) is 4.51. The van der Waals surface area contributed by atoms with Crippen LogP contribution < -0.4 is 0 Å². The van der Waals surface area contributed by atoms with Gasteiger partial charge in [-0.15, -0.1) is 0 Å². The van der Waals surface area contributed by atoms with Crippen molar-refractivity contribution in [1.29, 1.82) is 0 Å². The minimum atomic E-state index is -0.476. The summed E-state index contributed by atoms with van der Waals surface area (Å²) >= 11 is 6.66. The van der Waals surface area contributed by atoms with Crippen molar-refractivity contribution in [2.75, 3.05) is 32.7 Å². The number of hydrogen-bond donors (Lipinski definition) is 0. The van der Waals surface area contributed by atoms with Crippen LogP contribution in [0.2, 0.25) is 5.02 Å². The number of halogens is 1. The van der Waals surface area contributed by atoms with Crippen molar-refractivity contribution in [2.24, 2.45) is 0 Å². The fraction of sp³-hybridized carbons (Fsp3) is 0.333. The van der Waals surface area contributed by atoms with Gasteiger partial charge in [0, 0.05) is 38.1 Å². The second-order valence-corrected chi connectivity index (χ2v) is 7.64. The Kier molecular flexibility index (Phi) is 5.86. The highest BCUT2D eigenvalue weighted by Crippen LogP contribution is 2.32. The van der Waals surface area contributed by atoms with E-state index in [4.69, 9.17) is 11.6 Å². The number of amides is 4. The topological polar surface area (TPSA) is 78.0 Å². The van der Waals surface area contributed by atoms with Gasteiger partial charge in [0.1, 0.15) is 6.54 Å². The summed E-state index contributed by atoms with van der Waals surface area (Å²) in [6.45, 7) is 2.91. The molecule has 1 aromatic carbocycles. The van der Waals surface area contributed by atoms with Crippen LogP contribution in [0.4, 0.5) is 4.79 Å². The number of carbonyl (C=O) groups is 4. The second-order valence-electron chi connectivity index (χ2n) is 6.21. The molecule has 0 atom stereocenters. The van der Waals surface area contributed by atoms with E-state index in [1.165, 1.54) is 6.92 Å². The molecule has 0 bridgehead atoms. The Morgan fingerprint density at radius 3 is 2.26 bits per heavy atom. The lowest BCUT2D eigenvalue weighted by Crippen LogP contribution is -2.52. The molecule has 2 aliphatic rings. The van der Waals surface area contributed by atoms with Gasteiger partial charge in [-0.3, -0.25) is 24.1 Å². The predicted molar refractivity (Wildman–Crippen MR) is 103 cm³/mol. The van der Waals surface area contributed by atoms with Gasteiger partial charge in [0.05, 0.1) is 4.91 Å². The largest absolute Gasteiger partial charge is 0.339 e. The number of piperazine rings is 1. The number of thioether (sulfide) groups is 1. The quantitative estimate of drug-likeness (QED) is 0.717. The van der Waals surface area contributed by atoms with Crippen LogP contribution in [0.25, 0.3) is 6.08 Å². The molecule has 1 aromatic rings. The van der Waals surface area contributed by atoms with E-state index < -0.39 is 11.1 Å². The maximum Gasteiger partial charge on any atom is 0.294 e. The zero-order chi connectivity index (χ0) is 19.6. The highest BCUT2D eigenvalue weighted by atomic mass is 35.5. The SMILES string of the molecule is CC(=O)N1CCN(C(=O)CN2C(=O)S/C(=C\c3ccc(Cl)cc3)C2=O)CC1. The molecule has 3 rings (SSSR count). The summed E-state index contributed by atoms with van der Waals surface area (Å²) in [7, 11) is 0. The van der Waals surface area contributed by atoms with Crippen molar-refractivity contribution in [3.05, 3.63) is 39.8 Å². The average molecular weight is 408 g/mol. The number of benzene rings is 1. The fourth-order valence-corrected chi connectivity index (χ4v) is 3.82. The summed E-state index contributed by atoms with van der Waals surface area (Å²) in [5.74, 6) is -0.802. The highest BCUT2D eigenvalue weighted by Gasteiger charge is 2.37. The predicted octanol–water partition coefficient (Wildman–Crippen LogP) is 2.07. The van der Waals surface area contributed by atoms with Crippen LogP contribution >= 0.6 is 23.4 Å². The Morgan fingerprint density at radius 1 is 1.07 bits per heavy atom. The maximum atomic E-state index is 12.5. The van der Waals surface area contributed by atoms with Crippen LogP contribution in [-0.4, -0.2) is 70.4 Å². The van der Waals surface area contributed by atoms with E-state index in [2.05, 4.69) is 0 Å². The third-order valence-electron chi connectivity index (χ3n) is 4.41. The molecule has 2 heterocycles. The van der Waals surface area contributed by atoms with Crippen LogP contribution in [0.15, 0.2) is 29.2 Å². The van der Waals surface area contributed by atoms with Crippen molar-refractivity contribution in [1.82, 2.24) is 14.7 Å². The van der Waals surface area contributed by atoms with E-state index in [-0.39, 0.29) is 23.3 Å². The molecule has 0 aromatic heterocycles. The standard InChI is InChI=1S/C18H18ClN3O4S/c1-12(23)20-6-8-21(9-7-20)16(24)11-22-17(25)15(27-18(22)26)10-13-2-4-14(19)5-3-13/h2-5,10H,6-9,11H2,1H3/b15-10-. The van der Waals surface area contributed by atoms with Gasteiger partial charge in [-0.05, 0) is 35.5 Å². The fourth-order valence-electron chi connectivity index (χ4n) is 2.85. The molecule has 2 saturated heterocycles. The van der Waals surface area contributed by atoms with Gasteiger partial charge in [0.25, 0.3) is 11.1 Å². The molecule has 0 N–H and O–H groups in total. The molecule has 142 valence electrons. The zero-order valence-electron chi connectivity index (χ0n) is 14.7. The second kappa shape index (κ2) is 8.14. The minimum Gasteiger partial charge on any atom is -0.339 e. The van der Waals surface area contributed by atoms with Gasteiger partial charge in [-0.25, -0.2) is 0 Å². The molecule has 0 saturated carbocycles. The molecule has 7 nitrogen and oxygen atoms in total. The highest BCUT2D eigenvalue weighted by molar-refractivity contribution is 8.18. The monoisotopic (exact) mass is 407 g/mol. The first-order valence-corrected chi connectivity index (χ1v) is 9.59. The molecular weight excluding hydrogens is 390 g/mol. The van der Waals surface area contributed by atoms with E-state index in [1.54, 1.807) is 40.1 Å². The molecule has 0 radical (unpaired) electrons. The van der Waals surface area contributed by atoms with Gasteiger partial charge in [-0.2, -0.15) is 0 Å². The van der Waals surface area contributed by atoms with E-state index >= 15 is 0 Å². The Bertz CT molecular complexity index is 816. The number of nitrogens with zero attached hydrogens (tertiary/aromatic N) is 3. The number of imide groups is 1. The lowest BCUT2D eigenvalue weighted by molar-refractivity contribution is -0.140. The first-order chi connectivity index (χ1) is 12.8. The molecule has 2 fully saturated rings. The normalized spacial score (nSPS) is 19.2. The summed E-state index contributed by atoms with van der Waals surface area (Å²) in [5, 5.41) is 0.117. The third-order valence-corrected chi connectivity index (χ3v) is 5.57. The zero-order valence-corrected chi connectivity index (χ0v) is 16.3. The van der Waals surface area contributed by atoms with Gasteiger partial charge < -0.3 is 9.80 Å². The molecule has 0 aliphatic carbocycles. The Morgan fingerprint density at radius 2 is 1.67 bits per heavy atom. The number of rotatable bonds is 3. The summed E-state index contributed by atoms with van der Waals surface area (Å²) in [6.07, 6.45) is 1.61. The van der Waals surface area contributed by atoms with E-state index in [9.17, 15) is 19.2 Å². The molecular formula is C18H18ClN3O4S. The van der Waals surface area contributed by atoms with Crippen molar-refractivity contribution in [3.63, 3.8) is 0 Å². The first kappa shape index (κ1) is 19.4. The van der Waals surface area contributed by atoms with Crippen LogP contribution in [-0.2, 0) is 14.4 Å². The molecule has 2 aliphatic heterocycles. The molecule has 9 heteroatoms. The van der Waals surface area contributed by atoms with Gasteiger partial charge >= 0.3 is 0 Å². The van der Waals surface area contributed by atoms with Crippen LogP contribution in [0, 0.1) is 0 Å². The maximum absolute atomic E-state index is 12.5. The van der Waals surface area contributed by atoms with Crippen LogP contribution in [0.1, 0.15) is 12.5 Å². The van der Waals surface area contributed by atoms with Crippen LogP contribution in [0.5, 0.6) is 0 Å². The Labute approximate surface area is 165 Å². The number of hydrogen-bond acceptors (Lipinski definition) is 5. The Balaban J connectivity index is 1.63. The summed E-state index contributed by atoms with van der Waals surface area (Å²) in [4.78, 5) is 53.0. The van der Waals surface area contributed by atoms with Gasteiger partial charge in [-0.1, -0.05) is 23.7 Å². The van der Waals surface area contributed by atoms with E-state index in [0.29, 0.717) is 31.2 Å². The molecule has 0 unspecified atom stereocenters. The summed E-state index contributed by atoms with van der Waals surface area (Å²) < 4.78 is 0.